The maximum absolute atomic E-state index is 12.5. The second-order valence-corrected chi connectivity index (χ2v) is 4.71. The van der Waals surface area contributed by atoms with Crippen LogP contribution in [0.2, 0.25) is 0 Å². The SMILES string of the molecule is FC(F)(F)c1cccc(-c2ccc([As])cc2)c1. The number of rotatable bonds is 1. The van der Waals surface area contributed by atoms with E-state index in [-0.39, 0.29) is 0 Å². The van der Waals surface area contributed by atoms with Crippen molar-refractivity contribution in [2.45, 2.75) is 6.18 Å². The van der Waals surface area contributed by atoms with Gasteiger partial charge < -0.3 is 0 Å². The predicted molar refractivity (Wildman–Crippen MR) is 62.3 cm³/mol. The zero-order chi connectivity index (χ0) is 12.5. The van der Waals surface area contributed by atoms with Crippen LogP contribution in [0.15, 0.2) is 48.5 Å². The van der Waals surface area contributed by atoms with Crippen LogP contribution in [0, 0.1) is 0 Å². The normalized spacial score (nSPS) is 11.5. The van der Waals surface area contributed by atoms with Gasteiger partial charge in [-0.25, -0.2) is 0 Å². The standard InChI is InChI=1S/C13H8AsF3/c14-12-6-4-9(5-7-12)10-2-1-3-11(8-10)13(15,16)17/h1-8H. The van der Waals surface area contributed by atoms with Crippen molar-refractivity contribution >= 4 is 21.2 Å². The van der Waals surface area contributed by atoms with Crippen molar-refractivity contribution in [3.05, 3.63) is 54.1 Å². The molecule has 86 valence electrons. The monoisotopic (exact) mass is 296 g/mol. The second kappa shape index (κ2) is 4.58. The third kappa shape index (κ3) is 2.92. The minimum absolute atomic E-state index is 0.576. The molecule has 0 saturated heterocycles. The van der Waals surface area contributed by atoms with E-state index >= 15 is 0 Å². The predicted octanol–water partition coefficient (Wildman–Crippen LogP) is 3.17. The van der Waals surface area contributed by atoms with E-state index in [2.05, 4.69) is 16.9 Å². The third-order valence-corrected chi connectivity index (χ3v) is 3.02. The van der Waals surface area contributed by atoms with Crippen molar-refractivity contribution < 1.29 is 13.2 Å². The van der Waals surface area contributed by atoms with Crippen molar-refractivity contribution in [2.75, 3.05) is 0 Å². The first kappa shape index (κ1) is 12.3. The Balaban J connectivity index is 2.43. The summed E-state index contributed by atoms with van der Waals surface area (Å²) in [6.45, 7) is 0. The van der Waals surface area contributed by atoms with Gasteiger partial charge in [0.1, 0.15) is 0 Å². The Kier molecular flexibility index (Phi) is 3.30. The quantitative estimate of drug-likeness (QED) is 0.709. The average Bonchev–Trinajstić information content (AvgIpc) is 2.29. The van der Waals surface area contributed by atoms with Crippen LogP contribution >= 0.6 is 0 Å². The van der Waals surface area contributed by atoms with Crippen LogP contribution in [0.1, 0.15) is 5.56 Å². The molecule has 2 radical (unpaired) electrons. The molecule has 0 unspecified atom stereocenters. The summed E-state index contributed by atoms with van der Waals surface area (Å²) in [5.41, 5.74) is 0.740. The third-order valence-electron chi connectivity index (χ3n) is 2.39. The number of halogens is 3. The Labute approximate surface area is 106 Å². The van der Waals surface area contributed by atoms with Crippen LogP contribution in [-0.4, -0.2) is 16.9 Å². The van der Waals surface area contributed by atoms with Crippen LogP contribution in [0.4, 0.5) is 13.2 Å². The zero-order valence-corrected chi connectivity index (χ0v) is 10.6. The van der Waals surface area contributed by atoms with Crippen molar-refractivity contribution in [1.29, 1.82) is 0 Å². The molecule has 0 amide bonds. The fraction of sp³-hybridized carbons (Fsp3) is 0.0769. The van der Waals surface area contributed by atoms with Gasteiger partial charge in [-0.05, 0) is 0 Å². The first-order chi connectivity index (χ1) is 7.97. The molecule has 4 heteroatoms. The van der Waals surface area contributed by atoms with E-state index in [1.807, 2.05) is 24.3 Å². The molecule has 0 atom stereocenters. The number of hydrogen-bond acceptors (Lipinski definition) is 0. The summed E-state index contributed by atoms with van der Waals surface area (Å²) in [6.07, 6.45) is -4.29. The summed E-state index contributed by atoms with van der Waals surface area (Å²) in [7, 11) is 0. The number of benzene rings is 2. The first-order valence-electron chi connectivity index (χ1n) is 4.93. The summed E-state index contributed by atoms with van der Waals surface area (Å²) >= 11 is 2.39. The van der Waals surface area contributed by atoms with Crippen molar-refractivity contribution in [3.63, 3.8) is 0 Å². The Hall–Kier alpha value is -1.21. The minimum atomic E-state index is -4.29. The molecule has 0 saturated carbocycles. The fourth-order valence-corrected chi connectivity index (χ4v) is 1.84. The molecule has 17 heavy (non-hydrogen) atoms. The van der Waals surface area contributed by atoms with Gasteiger partial charge in [0, 0.05) is 0 Å². The molecule has 0 bridgehead atoms. The Bertz CT molecular complexity index is 515. The van der Waals surface area contributed by atoms with E-state index in [4.69, 9.17) is 0 Å². The summed E-state index contributed by atoms with van der Waals surface area (Å²) in [4.78, 5) is 0. The van der Waals surface area contributed by atoms with Crippen molar-refractivity contribution in [2.24, 2.45) is 0 Å². The van der Waals surface area contributed by atoms with E-state index in [1.54, 1.807) is 6.07 Å². The molecule has 0 aliphatic rings. The van der Waals surface area contributed by atoms with Gasteiger partial charge in [-0.3, -0.25) is 0 Å². The summed E-state index contributed by atoms with van der Waals surface area (Å²) in [5.74, 6) is 0. The molecule has 0 heterocycles. The molecule has 2 aromatic carbocycles. The number of hydrogen-bond donors (Lipinski definition) is 0. The van der Waals surface area contributed by atoms with E-state index in [0.29, 0.717) is 5.56 Å². The first-order valence-corrected chi connectivity index (χ1v) is 5.87. The van der Waals surface area contributed by atoms with Crippen LogP contribution in [0.25, 0.3) is 11.1 Å². The van der Waals surface area contributed by atoms with Crippen LogP contribution in [0.3, 0.4) is 0 Å². The van der Waals surface area contributed by atoms with Crippen molar-refractivity contribution in [1.82, 2.24) is 0 Å². The van der Waals surface area contributed by atoms with Crippen LogP contribution < -0.4 is 4.35 Å². The molecular formula is C13H8AsF3. The van der Waals surface area contributed by atoms with Gasteiger partial charge >= 0.3 is 106 Å². The molecule has 0 N–H and O–H groups in total. The molecule has 2 aromatic rings. The van der Waals surface area contributed by atoms with E-state index < -0.39 is 11.7 Å². The maximum atomic E-state index is 12.5. The molecule has 0 aliphatic heterocycles. The molecule has 0 spiro atoms. The van der Waals surface area contributed by atoms with Gasteiger partial charge in [0.2, 0.25) is 0 Å². The Morgan fingerprint density at radius 1 is 0.824 bits per heavy atom. The van der Waals surface area contributed by atoms with E-state index in [1.165, 1.54) is 12.1 Å². The Morgan fingerprint density at radius 3 is 2.06 bits per heavy atom. The Morgan fingerprint density at radius 2 is 1.47 bits per heavy atom. The topological polar surface area (TPSA) is 0 Å². The molecule has 0 aliphatic carbocycles. The molecule has 2 rings (SSSR count). The molecule has 0 aromatic heterocycles. The van der Waals surface area contributed by atoms with E-state index in [9.17, 15) is 13.2 Å². The summed E-state index contributed by atoms with van der Waals surface area (Å²) in [5, 5.41) is 0. The second-order valence-electron chi connectivity index (χ2n) is 3.63. The van der Waals surface area contributed by atoms with Gasteiger partial charge in [-0.15, -0.1) is 0 Å². The van der Waals surface area contributed by atoms with Crippen LogP contribution in [0.5, 0.6) is 0 Å². The van der Waals surface area contributed by atoms with Gasteiger partial charge in [0.05, 0.1) is 0 Å². The summed E-state index contributed by atoms with van der Waals surface area (Å²) in [6, 6.07) is 12.7. The average molecular weight is 296 g/mol. The molecule has 0 fully saturated rings. The van der Waals surface area contributed by atoms with Gasteiger partial charge in [0.15, 0.2) is 0 Å². The fourth-order valence-electron chi connectivity index (χ4n) is 1.53. The van der Waals surface area contributed by atoms with Gasteiger partial charge in [-0.2, -0.15) is 0 Å². The van der Waals surface area contributed by atoms with Crippen LogP contribution in [-0.2, 0) is 6.18 Å². The molecular weight excluding hydrogens is 288 g/mol. The van der Waals surface area contributed by atoms with Gasteiger partial charge in [0.25, 0.3) is 0 Å². The number of alkyl halides is 3. The molecule has 0 nitrogen and oxygen atoms in total. The van der Waals surface area contributed by atoms with E-state index in [0.717, 1.165) is 16.0 Å². The van der Waals surface area contributed by atoms with Crippen molar-refractivity contribution in [3.8, 4) is 11.1 Å². The summed E-state index contributed by atoms with van der Waals surface area (Å²) < 4.78 is 38.7. The zero-order valence-electron chi connectivity index (χ0n) is 8.70. The van der Waals surface area contributed by atoms with Gasteiger partial charge in [-0.1, -0.05) is 0 Å².